The van der Waals surface area contributed by atoms with E-state index in [9.17, 15) is 14.4 Å². The fourth-order valence-electron chi connectivity index (χ4n) is 4.52. The first-order valence-corrected chi connectivity index (χ1v) is 12.1. The third-order valence-corrected chi connectivity index (χ3v) is 6.88. The Labute approximate surface area is 183 Å². The Balaban J connectivity index is 1.66. The summed E-state index contributed by atoms with van der Waals surface area (Å²) in [5.41, 5.74) is 0.757. The van der Waals surface area contributed by atoms with Crippen LogP contribution in [0.3, 0.4) is 0 Å². The normalized spacial score (nSPS) is 23.9. The van der Waals surface area contributed by atoms with E-state index in [1.165, 1.54) is 4.90 Å². The highest BCUT2D eigenvalue weighted by molar-refractivity contribution is 7.98. The van der Waals surface area contributed by atoms with Gasteiger partial charge in [0, 0.05) is 29.8 Å². The van der Waals surface area contributed by atoms with Crippen molar-refractivity contribution >= 4 is 29.5 Å². The molecule has 2 aliphatic heterocycles. The summed E-state index contributed by atoms with van der Waals surface area (Å²) in [4.78, 5) is 40.3. The van der Waals surface area contributed by atoms with E-state index in [1.54, 1.807) is 23.6 Å². The van der Waals surface area contributed by atoms with Crippen LogP contribution in [-0.4, -0.2) is 53.7 Å². The molecule has 0 aromatic heterocycles. The molecule has 164 valence electrons. The average Bonchev–Trinajstić information content (AvgIpc) is 3.13. The molecule has 2 aliphatic rings. The molecule has 0 radical (unpaired) electrons. The second-order valence-corrected chi connectivity index (χ2v) is 9.08. The highest BCUT2D eigenvalue weighted by Crippen LogP contribution is 2.31. The molecule has 2 fully saturated rings. The summed E-state index contributed by atoms with van der Waals surface area (Å²) in [6.45, 7) is 2.70. The summed E-state index contributed by atoms with van der Waals surface area (Å²) in [6.07, 6.45) is 7.37. The second kappa shape index (κ2) is 10.3. The van der Waals surface area contributed by atoms with E-state index in [2.05, 4.69) is 29.6 Å². The second-order valence-electron chi connectivity index (χ2n) is 8.20. The molecule has 2 amide bonds. The zero-order chi connectivity index (χ0) is 21.6. The summed E-state index contributed by atoms with van der Waals surface area (Å²) in [5, 5.41) is 3.15. The lowest BCUT2D eigenvalue weighted by Crippen LogP contribution is -2.50. The van der Waals surface area contributed by atoms with E-state index < -0.39 is 11.6 Å². The number of hydrogen-bond acceptors (Lipinski definition) is 5. The first-order chi connectivity index (χ1) is 14.5. The van der Waals surface area contributed by atoms with Crippen LogP contribution in [0.1, 0.15) is 57.4 Å². The Kier molecular flexibility index (Phi) is 7.81. The molecule has 1 N–H and O–H groups in total. The summed E-state index contributed by atoms with van der Waals surface area (Å²) in [6, 6.07) is 7.91. The molecule has 0 saturated carbocycles. The number of nitrogens with zero attached hydrogens (tertiary/aromatic N) is 1. The van der Waals surface area contributed by atoms with Crippen LogP contribution < -0.4 is 5.32 Å². The predicted octanol–water partition coefficient (Wildman–Crippen LogP) is 3.32. The molecular formula is C23H32N2O4S. The van der Waals surface area contributed by atoms with Gasteiger partial charge in [-0.25, -0.2) is 4.79 Å². The molecule has 0 unspecified atom stereocenters. The van der Waals surface area contributed by atoms with Crippen LogP contribution in [0.5, 0.6) is 0 Å². The molecule has 6 nitrogen and oxygen atoms in total. The maximum absolute atomic E-state index is 13.0. The number of nitrogens with one attached hydrogen (secondary N) is 1. The fourth-order valence-corrected chi connectivity index (χ4v) is 4.93. The SMILES string of the molecule is CCOC(=O)[C@H]1CCCCN1C(=O)CC[C@@]1(Cc2ccc(SC)cc2)CCC(=O)N1. The number of ether oxygens (including phenoxy) is 1. The van der Waals surface area contributed by atoms with Crippen LogP contribution in [0.2, 0.25) is 0 Å². The molecule has 1 aromatic rings. The van der Waals surface area contributed by atoms with Crippen molar-refractivity contribution in [2.75, 3.05) is 19.4 Å². The van der Waals surface area contributed by atoms with Gasteiger partial charge in [-0.05, 0) is 69.4 Å². The van der Waals surface area contributed by atoms with Crippen LogP contribution in [0.25, 0.3) is 0 Å². The number of thioether (sulfide) groups is 1. The van der Waals surface area contributed by atoms with Gasteiger partial charge in [-0.3, -0.25) is 9.59 Å². The van der Waals surface area contributed by atoms with Gasteiger partial charge in [0.25, 0.3) is 0 Å². The van der Waals surface area contributed by atoms with E-state index in [4.69, 9.17) is 4.74 Å². The molecule has 30 heavy (non-hydrogen) atoms. The Morgan fingerprint density at radius 1 is 1.27 bits per heavy atom. The van der Waals surface area contributed by atoms with Crippen molar-refractivity contribution in [1.29, 1.82) is 0 Å². The van der Waals surface area contributed by atoms with Gasteiger partial charge in [-0.2, -0.15) is 0 Å². The smallest absolute Gasteiger partial charge is 0.328 e. The lowest BCUT2D eigenvalue weighted by Gasteiger charge is -2.35. The molecule has 1 aromatic carbocycles. The molecule has 0 aliphatic carbocycles. The third-order valence-electron chi connectivity index (χ3n) is 6.14. The van der Waals surface area contributed by atoms with Crippen molar-refractivity contribution in [3.05, 3.63) is 29.8 Å². The Morgan fingerprint density at radius 2 is 2.03 bits per heavy atom. The van der Waals surface area contributed by atoms with Gasteiger partial charge in [-0.15, -0.1) is 11.8 Å². The number of rotatable bonds is 8. The van der Waals surface area contributed by atoms with Crippen molar-refractivity contribution in [3.8, 4) is 0 Å². The highest BCUT2D eigenvalue weighted by Gasteiger charge is 2.39. The van der Waals surface area contributed by atoms with Crippen molar-refractivity contribution in [2.24, 2.45) is 0 Å². The number of esters is 1. The average molecular weight is 433 g/mol. The van der Waals surface area contributed by atoms with E-state index in [0.717, 1.165) is 24.8 Å². The van der Waals surface area contributed by atoms with Gasteiger partial charge in [0.2, 0.25) is 11.8 Å². The first-order valence-electron chi connectivity index (χ1n) is 10.9. The van der Waals surface area contributed by atoms with Crippen LogP contribution >= 0.6 is 11.8 Å². The topological polar surface area (TPSA) is 75.7 Å². The molecular weight excluding hydrogens is 400 g/mol. The number of amides is 2. The summed E-state index contributed by atoms with van der Waals surface area (Å²) in [5.74, 6) is -0.278. The number of carbonyl (C=O) groups excluding carboxylic acids is 3. The van der Waals surface area contributed by atoms with Crippen LogP contribution in [0.4, 0.5) is 0 Å². The number of benzene rings is 1. The molecule has 2 heterocycles. The van der Waals surface area contributed by atoms with Crippen molar-refractivity contribution in [3.63, 3.8) is 0 Å². The number of carbonyl (C=O) groups is 3. The summed E-state index contributed by atoms with van der Waals surface area (Å²) in [7, 11) is 0. The van der Waals surface area contributed by atoms with E-state index in [1.807, 2.05) is 6.26 Å². The van der Waals surface area contributed by atoms with Gasteiger partial charge in [0.1, 0.15) is 6.04 Å². The van der Waals surface area contributed by atoms with Gasteiger partial charge in [-0.1, -0.05) is 12.1 Å². The Morgan fingerprint density at radius 3 is 2.67 bits per heavy atom. The standard InChI is InChI=1S/C23H32N2O4S/c1-3-29-22(28)19-6-4-5-15-25(19)21(27)12-14-23(13-11-20(26)24-23)16-17-7-9-18(30-2)10-8-17/h7-10,19H,3-6,11-16H2,1-2H3,(H,24,26)/t19-,23-/m1/s1. The maximum Gasteiger partial charge on any atom is 0.328 e. The minimum Gasteiger partial charge on any atom is -0.464 e. The number of hydrogen-bond donors (Lipinski definition) is 1. The van der Waals surface area contributed by atoms with Gasteiger partial charge in [0.15, 0.2) is 0 Å². The molecule has 2 atom stereocenters. The largest absolute Gasteiger partial charge is 0.464 e. The molecule has 0 spiro atoms. The van der Waals surface area contributed by atoms with E-state index >= 15 is 0 Å². The molecule has 0 bridgehead atoms. The maximum atomic E-state index is 13.0. The van der Waals surface area contributed by atoms with Crippen LogP contribution in [0, 0.1) is 0 Å². The fraction of sp³-hybridized carbons (Fsp3) is 0.609. The predicted molar refractivity (Wildman–Crippen MR) is 117 cm³/mol. The van der Waals surface area contributed by atoms with Gasteiger partial charge >= 0.3 is 5.97 Å². The Hall–Kier alpha value is -2.02. The zero-order valence-corrected chi connectivity index (χ0v) is 18.8. The first kappa shape index (κ1) is 22.7. The molecule has 7 heteroatoms. The highest BCUT2D eigenvalue weighted by atomic mass is 32.2. The third kappa shape index (κ3) is 5.56. The Bertz CT molecular complexity index is 767. The van der Waals surface area contributed by atoms with Crippen molar-refractivity contribution < 1.29 is 19.1 Å². The quantitative estimate of drug-likeness (QED) is 0.504. The lowest BCUT2D eigenvalue weighted by molar-refractivity contribution is -0.156. The van der Waals surface area contributed by atoms with Crippen LogP contribution in [-0.2, 0) is 25.5 Å². The molecule has 2 saturated heterocycles. The zero-order valence-electron chi connectivity index (χ0n) is 17.9. The monoisotopic (exact) mass is 432 g/mol. The van der Waals surface area contributed by atoms with Crippen LogP contribution in [0.15, 0.2) is 29.2 Å². The van der Waals surface area contributed by atoms with E-state index in [0.29, 0.717) is 45.3 Å². The molecule has 3 rings (SSSR count). The summed E-state index contributed by atoms with van der Waals surface area (Å²) >= 11 is 1.70. The minimum absolute atomic E-state index is 0.0222. The lowest BCUT2D eigenvalue weighted by atomic mass is 9.84. The summed E-state index contributed by atoms with van der Waals surface area (Å²) < 4.78 is 5.18. The van der Waals surface area contributed by atoms with Gasteiger partial charge in [0.05, 0.1) is 6.61 Å². The number of likely N-dealkylation sites (tertiary alicyclic amines) is 1. The van der Waals surface area contributed by atoms with Gasteiger partial charge < -0.3 is 15.0 Å². The van der Waals surface area contributed by atoms with E-state index in [-0.39, 0.29) is 17.8 Å². The minimum atomic E-state index is -0.473. The van der Waals surface area contributed by atoms with Crippen molar-refractivity contribution in [2.45, 2.75) is 74.8 Å². The van der Waals surface area contributed by atoms with Crippen molar-refractivity contribution in [1.82, 2.24) is 10.2 Å². The number of piperidine rings is 1.